The van der Waals surface area contributed by atoms with E-state index in [9.17, 15) is 9.59 Å². The number of ether oxygens (including phenoxy) is 1. The van der Waals surface area contributed by atoms with Crippen LogP contribution in [0.4, 0.5) is 0 Å². The fourth-order valence-electron chi connectivity index (χ4n) is 4.43. The Morgan fingerprint density at radius 1 is 1.09 bits per heavy atom. The number of carbonyl (C=O) groups is 2. The molecule has 5 nitrogen and oxygen atoms in total. The zero-order valence-electron chi connectivity index (χ0n) is 19.1. The molecule has 2 aromatic carbocycles. The number of amides is 2. The van der Waals surface area contributed by atoms with Gasteiger partial charge in [0, 0.05) is 28.0 Å². The van der Waals surface area contributed by atoms with Gasteiger partial charge in [0.25, 0.3) is 5.91 Å². The zero-order valence-corrected chi connectivity index (χ0v) is 20.6. The molecule has 7 heteroatoms. The maximum Gasteiger partial charge on any atom is 0.254 e. The predicted molar refractivity (Wildman–Crippen MR) is 135 cm³/mol. The van der Waals surface area contributed by atoms with Crippen molar-refractivity contribution in [2.24, 2.45) is 0 Å². The lowest BCUT2D eigenvalue weighted by atomic mass is 10.0. The fourth-order valence-corrected chi connectivity index (χ4v) is 5.49. The topological polar surface area (TPSA) is 49.9 Å². The van der Waals surface area contributed by atoms with Crippen LogP contribution in [0.1, 0.15) is 45.2 Å². The van der Waals surface area contributed by atoms with Gasteiger partial charge in [-0.1, -0.05) is 29.3 Å². The monoisotopic (exact) mass is 494 g/mol. The number of fused-ring (bicyclic) bond motifs is 1. The lowest BCUT2D eigenvalue weighted by Gasteiger charge is -2.37. The van der Waals surface area contributed by atoms with Crippen molar-refractivity contribution in [2.75, 3.05) is 19.7 Å². The molecule has 1 fully saturated rings. The summed E-state index contributed by atoms with van der Waals surface area (Å²) in [7, 11) is 0. The van der Waals surface area contributed by atoms with Crippen molar-refractivity contribution >= 4 is 34.8 Å². The van der Waals surface area contributed by atoms with E-state index in [1.54, 1.807) is 28.4 Å². The van der Waals surface area contributed by atoms with Gasteiger partial charge in [-0.3, -0.25) is 9.59 Å². The van der Waals surface area contributed by atoms with E-state index in [4.69, 9.17) is 16.3 Å². The van der Waals surface area contributed by atoms with Crippen LogP contribution >= 0.6 is 22.9 Å². The van der Waals surface area contributed by atoms with Crippen LogP contribution in [-0.4, -0.2) is 47.4 Å². The van der Waals surface area contributed by atoms with Crippen LogP contribution in [0.3, 0.4) is 0 Å². The molecule has 1 atom stereocenters. The van der Waals surface area contributed by atoms with Crippen molar-refractivity contribution in [2.45, 2.75) is 38.3 Å². The summed E-state index contributed by atoms with van der Waals surface area (Å²) in [5.74, 6) is 0.611. The first-order chi connectivity index (χ1) is 16.5. The Bertz CT molecular complexity index is 1170. The first-order valence-corrected chi connectivity index (χ1v) is 12.9. The van der Waals surface area contributed by atoms with Crippen molar-refractivity contribution in [1.29, 1.82) is 0 Å². The molecule has 1 aliphatic carbocycles. The summed E-state index contributed by atoms with van der Waals surface area (Å²) < 4.78 is 6.07. The minimum absolute atomic E-state index is 0.0334. The van der Waals surface area contributed by atoms with E-state index in [1.807, 2.05) is 48.2 Å². The minimum atomic E-state index is -0.186. The normalized spacial score (nSPS) is 17.2. The van der Waals surface area contributed by atoms with Gasteiger partial charge in [-0.05, 0) is 79.6 Å². The van der Waals surface area contributed by atoms with E-state index in [-0.39, 0.29) is 30.4 Å². The summed E-state index contributed by atoms with van der Waals surface area (Å²) in [6.07, 6.45) is 2.72. The summed E-state index contributed by atoms with van der Waals surface area (Å²) in [5.41, 5.74) is 2.88. The highest BCUT2D eigenvalue weighted by atomic mass is 35.5. The Kier molecular flexibility index (Phi) is 6.61. The standard InChI is InChI=1S/C27H27ClN2O3S/c1-18-2-4-19(5-3-18)27(32)30(21-8-9-21)16-26(31)29-14-12-25-23(13-15-34-25)24(29)17-33-22-10-6-20(28)7-11-22/h2-7,10-11,13,15,21,24H,8-9,12,14,16-17H2,1H3/t24-/m1/s1. The van der Waals surface area contributed by atoms with Gasteiger partial charge >= 0.3 is 0 Å². The third kappa shape index (κ3) is 4.98. The van der Waals surface area contributed by atoms with E-state index < -0.39 is 0 Å². The van der Waals surface area contributed by atoms with Crippen molar-refractivity contribution in [3.05, 3.63) is 86.6 Å². The van der Waals surface area contributed by atoms with Crippen LogP contribution in [-0.2, 0) is 11.2 Å². The molecule has 2 aliphatic rings. The van der Waals surface area contributed by atoms with Crippen LogP contribution in [0.5, 0.6) is 5.75 Å². The number of thiophene rings is 1. The third-order valence-electron chi connectivity index (χ3n) is 6.49. The van der Waals surface area contributed by atoms with Crippen molar-refractivity contribution in [1.82, 2.24) is 9.80 Å². The zero-order chi connectivity index (χ0) is 23.7. The van der Waals surface area contributed by atoms with Gasteiger partial charge in [0.1, 0.15) is 18.9 Å². The molecule has 176 valence electrons. The van der Waals surface area contributed by atoms with E-state index in [0.29, 0.717) is 29.5 Å². The second-order valence-electron chi connectivity index (χ2n) is 8.95. The average Bonchev–Trinajstić information content (AvgIpc) is 3.57. The number of benzene rings is 2. The van der Waals surface area contributed by atoms with Gasteiger partial charge in [0.05, 0.1) is 6.04 Å². The highest BCUT2D eigenvalue weighted by molar-refractivity contribution is 7.10. The fraction of sp³-hybridized carbons (Fsp3) is 0.333. The molecule has 1 saturated carbocycles. The quantitative estimate of drug-likeness (QED) is 0.434. The SMILES string of the molecule is Cc1ccc(C(=O)N(CC(=O)N2CCc3sccc3[C@H]2COc2ccc(Cl)cc2)C2CC2)cc1. The molecule has 34 heavy (non-hydrogen) atoms. The van der Waals surface area contributed by atoms with Gasteiger partial charge in [-0.2, -0.15) is 0 Å². The van der Waals surface area contributed by atoms with E-state index in [1.165, 1.54) is 4.88 Å². The van der Waals surface area contributed by atoms with Gasteiger partial charge in [-0.25, -0.2) is 0 Å². The molecule has 0 saturated heterocycles. The Morgan fingerprint density at radius 2 is 1.82 bits per heavy atom. The first kappa shape index (κ1) is 22.9. The van der Waals surface area contributed by atoms with Gasteiger partial charge in [0.15, 0.2) is 0 Å². The maximum absolute atomic E-state index is 13.6. The summed E-state index contributed by atoms with van der Waals surface area (Å²) >= 11 is 7.72. The number of aryl methyl sites for hydroxylation is 1. The lowest BCUT2D eigenvalue weighted by molar-refractivity contribution is -0.135. The molecule has 2 amide bonds. The molecule has 0 bridgehead atoms. The number of hydrogen-bond acceptors (Lipinski definition) is 4. The Balaban J connectivity index is 1.33. The molecule has 2 heterocycles. The van der Waals surface area contributed by atoms with E-state index in [2.05, 4.69) is 11.4 Å². The Hall–Kier alpha value is -2.83. The highest BCUT2D eigenvalue weighted by Crippen LogP contribution is 2.35. The molecule has 0 N–H and O–H groups in total. The molecule has 3 aromatic rings. The molecule has 1 aromatic heterocycles. The molecule has 1 aliphatic heterocycles. The second kappa shape index (κ2) is 9.80. The lowest BCUT2D eigenvalue weighted by Crippen LogP contribution is -2.48. The summed E-state index contributed by atoms with van der Waals surface area (Å²) in [6.45, 7) is 3.07. The molecular weight excluding hydrogens is 468 g/mol. The van der Waals surface area contributed by atoms with Crippen molar-refractivity contribution in [3.63, 3.8) is 0 Å². The third-order valence-corrected chi connectivity index (χ3v) is 7.74. The van der Waals surface area contributed by atoms with Crippen molar-refractivity contribution < 1.29 is 14.3 Å². The van der Waals surface area contributed by atoms with Gasteiger partial charge in [-0.15, -0.1) is 11.3 Å². The summed E-state index contributed by atoms with van der Waals surface area (Å²) in [5, 5.41) is 2.73. The number of carbonyl (C=O) groups excluding carboxylic acids is 2. The minimum Gasteiger partial charge on any atom is -0.491 e. The smallest absolute Gasteiger partial charge is 0.254 e. The molecule has 0 spiro atoms. The average molecular weight is 495 g/mol. The van der Waals surface area contributed by atoms with Gasteiger partial charge in [0.2, 0.25) is 5.91 Å². The van der Waals surface area contributed by atoms with Crippen LogP contribution < -0.4 is 4.74 Å². The van der Waals surface area contributed by atoms with Crippen molar-refractivity contribution in [3.8, 4) is 5.75 Å². The number of rotatable bonds is 7. The summed E-state index contributed by atoms with van der Waals surface area (Å²) in [4.78, 5) is 31.8. The molecular formula is C27H27ClN2O3S. The maximum atomic E-state index is 13.6. The van der Waals surface area contributed by atoms with Crippen LogP contribution in [0, 0.1) is 6.92 Å². The highest BCUT2D eigenvalue weighted by Gasteiger charge is 2.38. The molecule has 0 unspecified atom stereocenters. The van der Waals surface area contributed by atoms with E-state index in [0.717, 1.165) is 30.4 Å². The predicted octanol–water partition coefficient (Wildman–Crippen LogP) is 5.52. The van der Waals surface area contributed by atoms with Crippen LogP contribution in [0.25, 0.3) is 0 Å². The Labute approximate surface area is 208 Å². The van der Waals surface area contributed by atoms with E-state index >= 15 is 0 Å². The second-order valence-corrected chi connectivity index (χ2v) is 10.4. The van der Waals surface area contributed by atoms with Crippen LogP contribution in [0.15, 0.2) is 60.0 Å². The number of halogens is 1. The molecule has 0 radical (unpaired) electrons. The largest absolute Gasteiger partial charge is 0.491 e. The number of nitrogens with zero attached hydrogens (tertiary/aromatic N) is 2. The molecule has 5 rings (SSSR count). The first-order valence-electron chi connectivity index (χ1n) is 11.6. The van der Waals surface area contributed by atoms with Gasteiger partial charge < -0.3 is 14.5 Å². The van der Waals surface area contributed by atoms with Crippen LogP contribution in [0.2, 0.25) is 5.02 Å². The number of hydrogen-bond donors (Lipinski definition) is 0. The Morgan fingerprint density at radius 3 is 2.53 bits per heavy atom. The summed E-state index contributed by atoms with van der Waals surface area (Å²) in [6, 6.07) is 16.9.